The summed E-state index contributed by atoms with van der Waals surface area (Å²) in [4.78, 5) is 10.1. The van der Waals surface area contributed by atoms with Gasteiger partial charge in [0.15, 0.2) is 0 Å². The summed E-state index contributed by atoms with van der Waals surface area (Å²) in [6.07, 6.45) is 0. The summed E-state index contributed by atoms with van der Waals surface area (Å²) in [6, 6.07) is 6.81. The molecule has 0 aliphatic carbocycles. The van der Waals surface area contributed by atoms with Gasteiger partial charge >= 0.3 is 0 Å². The SMILES string of the molecule is Nc1ccc([N+](=O)[O-])c2c(F)cccc12. The Balaban J connectivity index is 2.96. The molecule has 0 fully saturated rings. The molecule has 0 saturated carbocycles. The molecular formula is C10H7FN2O2. The summed E-state index contributed by atoms with van der Waals surface area (Å²) < 4.78 is 13.4. The van der Waals surface area contributed by atoms with Crippen molar-refractivity contribution in [3.63, 3.8) is 0 Å². The number of hydrogen-bond donors (Lipinski definition) is 1. The second-order valence-corrected chi connectivity index (χ2v) is 3.09. The van der Waals surface area contributed by atoms with Crippen LogP contribution in [0.4, 0.5) is 15.8 Å². The number of anilines is 1. The molecular weight excluding hydrogens is 199 g/mol. The van der Waals surface area contributed by atoms with E-state index in [0.717, 1.165) is 0 Å². The van der Waals surface area contributed by atoms with Crippen molar-refractivity contribution in [1.82, 2.24) is 0 Å². The number of hydrogen-bond acceptors (Lipinski definition) is 3. The number of fused-ring (bicyclic) bond motifs is 1. The fourth-order valence-corrected chi connectivity index (χ4v) is 1.52. The molecule has 2 rings (SSSR count). The van der Waals surface area contributed by atoms with E-state index in [9.17, 15) is 14.5 Å². The largest absolute Gasteiger partial charge is 0.398 e. The number of nitrogens with two attached hydrogens (primary N) is 1. The molecule has 0 heterocycles. The lowest BCUT2D eigenvalue weighted by molar-refractivity contribution is -0.383. The predicted octanol–water partition coefficient (Wildman–Crippen LogP) is 2.47. The average Bonchev–Trinajstić information content (AvgIpc) is 2.19. The predicted molar refractivity (Wildman–Crippen MR) is 55.0 cm³/mol. The number of nitrogens with zero attached hydrogens (tertiary/aromatic N) is 1. The lowest BCUT2D eigenvalue weighted by atomic mass is 10.1. The summed E-state index contributed by atoms with van der Waals surface area (Å²) in [5.74, 6) is -0.633. The van der Waals surface area contributed by atoms with Crippen LogP contribution >= 0.6 is 0 Å². The van der Waals surface area contributed by atoms with Crippen molar-refractivity contribution in [2.24, 2.45) is 0 Å². The summed E-state index contributed by atoms with van der Waals surface area (Å²) in [6.45, 7) is 0. The first-order valence-electron chi connectivity index (χ1n) is 4.22. The number of benzene rings is 2. The van der Waals surface area contributed by atoms with Gasteiger partial charge in [-0.25, -0.2) is 4.39 Å². The third-order valence-corrected chi connectivity index (χ3v) is 2.20. The monoisotopic (exact) mass is 206 g/mol. The van der Waals surface area contributed by atoms with Crippen molar-refractivity contribution in [3.05, 3.63) is 46.3 Å². The fourth-order valence-electron chi connectivity index (χ4n) is 1.52. The highest BCUT2D eigenvalue weighted by atomic mass is 19.1. The zero-order chi connectivity index (χ0) is 11.0. The molecule has 0 aliphatic heterocycles. The van der Waals surface area contributed by atoms with Gasteiger partial charge < -0.3 is 5.73 Å². The molecule has 2 N–H and O–H groups in total. The molecule has 76 valence electrons. The maximum absolute atomic E-state index is 13.4. The molecule has 15 heavy (non-hydrogen) atoms. The van der Waals surface area contributed by atoms with Crippen LogP contribution in [-0.2, 0) is 0 Å². The maximum atomic E-state index is 13.4. The van der Waals surface area contributed by atoms with E-state index in [1.54, 1.807) is 6.07 Å². The fraction of sp³-hybridized carbons (Fsp3) is 0. The van der Waals surface area contributed by atoms with Crippen molar-refractivity contribution in [2.75, 3.05) is 5.73 Å². The minimum Gasteiger partial charge on any atom is -0.398 e. The minimum absolute atomic E-state index is 0.0394. The van der Waals surface area contributed by atoms with Crippen molar-refractivity contribution < 1.29 is 9.31 Å². The topological polar surface area (TPSA) is 69.2 Å². The van der Waals surface area contributed by atoms with E-state index in [1.165, 1.54) is 24.3 Å². The molecule has 0 radical (unpaired) electrons. The summed E-state index contributed by atoms with van der Waals surface area (Å²) in [5, 5.41) is 11.0. The Kier molecular flexibility index (Phi) is 2.00. The number of nitro groups is 1. The molecule has 5 heteroatoms. The van der Waals surface area contributed by atoms with Crippen molar-refractivity contribution in [2.45, 2.75) is 0 Å². The molecule has 0 atom stereocenters. The van der Waals surface area contributed by atoms with E-state index in [-0.39, 0.29) is 11.1 Å². The van der Waals surface area contributed by atoms with E-state index < -0.39 is 10.7 Å². The Morgan fingerprint density at radius 2 is 2.00 bits per heavy atom. The molecule has 4 nitrogen and oxygen atoms in total. The normalized spacial score (nSPS) is 10.5. The zero-order valence-corrected chi connectivity index (χ0v) is 7.61. The second-order valence-electron chi connectivity index (χ2n) is 3.09. The molecule has 2 aromatic carbocycles. The number of halogens is 1. The Labute approximate surface area is 84.3 Å². The average molecular weight is 206 g/mol. The maximum Gasteiger partial charge on any atom is 0.280 e. The van der Waals surface area contributed by atoms with Gasteiger partial charge in [0.1, 0.15) is 5.82 Å². The number of nitrogen functional groups attached to an aromatic ring is 1. The van der Waals surface area contributed by atoms with E-state index in [2.05, 4.69) is 0 Å². The van der Waals surface area contributed by atoms with Crippen LogP contribution < -0.4 is 5.73 Å². The summed E-state index contributed by atoms with van der Waals surface area (Å²) >= 11 is 0. The van der Waals surface area contributed by atoms with Gasteiger partial charge in [-0.3, -0.25) is 10.1 Å². The van der Waals surface area contributed by atoms with Gasteiger partial charge in [-0.05, 0) is 12.1 Å². The van der Waals surface area contributed by atoms with Crippen molar-refractivity contribution in [1.29, 1.82) is 0 Å². The standard InChI is InChI=1S/C10H7FN2O2/c11-7-3-1-2-6-8(12)4-5-9(10(6)7)13(14)15/h1-5H,12H2. The van der Waals surface area contributed by atoms with Crippen LogP contribution in [0.3, 0.4) is 0 Å². The smallest absolute Gasteiger partial charge is 0.280 e. The Bertz CT molecular complexity index is 554. The lowest BCUT2D eigenvalue weighted by Crippen LogP contribution is -1.95. The van der Waals surface area contributed by atoms with Gasteiger partial charge in [0.25, 0.3) is 5.69 Å². The van der Waals surface area contributed by atoms with Gasteiger partial charge in [0, 0.05) is 17.1 Å². The van der Waals surface area contributed by atoms with Gasteiger partial charge in [0.05, 0.1) is 10.3 Å². The first-order valence-corrected chi connectivity index (χ1v) is 4.22. The number of nitro benzene ring substituents is 1. The van der Waals surface area contributed by atoms with Crippen LogP contribution in [0.2, 0.25) is 0 Å². The molecule has 0 amide bonds. The van der Waals surface area contributed by atoms with Gasteiger partial charge in [0.2, 0.25) is 0 Å². The van der Waals surface area contributed by atoms with E-state index in [4.69, 9.17) is 5.73 Å². The summed E-state index contributed by atoms with van der Waals surface area (Å²) in [5.41, 5.74) is 5.67. The molecule has 2 aromatic rings. The highest BCUT2D eigenvalue weighted by Crippen LogP contribution is 2.31. The van der Waals surface area contributed by atoms with Crippen LogP contribution in [0.15, 0.2) is 30.3 Å². The number of non-ortho nitro benzene ring substituents is 1. The second kappa shape index (κ2) is 3.20. The van der Waals surface area contributed by atoms with Crippen LogP contribution in [0, 0.1) is 15.9 Å². The molecule has 0 unspecified atom stereocenters. The van der Waals surface area contributed by atoms with Crippen molar-refractivity contribution in [3.8, 4) is 0 Å². The molecule has 0 aromatic heterocycles. The Morgan fingerprint density at radius 1 is 1.27 bits per heavy atom. The zero-order valence-electron chi connectivity index (χ0n) is 7.61. The quantitative estimate of drug-likeness (QED) is 0.442. The van der Waals surface area contributed by atoms with E-state index >= 15 is 0 Å². The van der Waals surface area contributed by atoms with E-state index in [1.807, 2.05) is 0 Å². The summed E-state index contributed by atoms with van der Waals surface area (Å²) in [7, 11) is 0. The highest BCUT2D eigenvalue weighted by molar-refractivity contribution is 5.99. The minimum atomic E-state index is -0.633. The number of rotatable bonds is 1. The first kappa shape index (κ1) is 9.39. The highest BCUT2D eigenvalue weighted by Gasteiger charge is 2.16. The van der Waals surface area contributed by atoms with Crippen LogP contribution in [-0.4, -0.2) is 4.92 Å². The Morgan fingerprint density at radius 3 is 2.67 bits per heavy atom. The molecule has 0 bridgehead atoms. The molecule has 0 saturated heterocycles. The third kappa shape index (κ3) is 1.38. The molecule has 0 spiro atoms. The molecule has 0 aliphatic rings. The van der Waals surface area contributed by atoms with Gasteiger partial charge in [-0.2, -0.15) is 0 Å². The van der Waals surface area contributed by atoms with Crippen molar-refractivity contribution >= 4 is 22.1 Å². The van der Waals surface area contributed by atoms with Gasteiger partial charge in [-0.1, -0.05) is 12.1 Å². The third-order valence-electron chi connectivity index (χ3n) is 2.20. The van der Waals surface area contributed by atoms with E-state index in [0.29, 0.717) is 11.1 Å². The Hall–Kier alpha value is -2.17. The van der Waals surface area contributed by atoms with Gasteiger partial charge in [-0.15, -0.1) is 0 Å². The van der Waals surface area contributed by atoms with Crippen LogP contribution in [0.1, 0.15) is 0 Å². The van der Waals surface area contributed by atoms with Crippen LogP contribution in [0.25, 0.3) is 10.8 Å². The van der Waals surface area contributed by atoms with Crippen LogP contribution in [0.5, 0.6) is 0 Å². The first-order chi connectivity index (χ1) is 7.11. The lowest BCUT2D eigenvalue weighted by Gasteiger charge is -2.03.